The number of aryl methyl sites for hydroxylation is 1. The second-order valence-corrected chi connectivity index (χ2v) is 6.47. The lowest BCUT2D eigenvalue weighted by atomic mass is 9.99. The van der Waals surface area contributed by atoms with Crippen molar-refractivity contribution in [2.24, 2.45) is 5.92 Å². The molecule has 0 saturated carbocycles. The zero-order valence-corrected chi connectivity index (χ0v) is 13.4. The van der Waals surface area contributed by atoms with E-state index in [-0.39, 0.29) is 5.91 Å². The lowest BCUT2D eigenvalue weighted by molar-refractivity contribution is -0.129. The summed E-state index contributed by atoms with van der Waals surface area (Å²) in [5.41, 5.74) is 0.508. The monoisotopic (exact) mass is 322 g/mol. The molecule has 3 heterocycles. The van der Waals surface area contributed by atoms with Crippen molar-refractivity contribution in [3.63, 3.8) is 0 Å². The summed E-state index contributed by atoms with van der Waals surface area (Å²) >= 11 is 1.26. The van der Waals surface area contributed by atoms with Crippen molar-refractivity contribution in [3.05, 3.63) is 11.8 Å². The van der Waals surface area contributed by atoms with Crippen LogP contribution in [0.3, 0.4) is 0 Å². The highest BCUT2D eigenvalue weighted by Gasteiger charge is 2.21. The summed E-state index contributed by atoms with van der Waals surface area (Å²) in [6, 6.07) is 1.72. The normalized spacial score (nSPS) is 16.2. The fraction of sp³-hybridized carbons (Fsp3) is 0.571. The summed E-state index contributed by atoms with van der Waals surface area (Å²) in [5.74, 6) is 2.12. The molecule has 3 rings (SSSR count). The molecular formula is C14H18N4O3S. The predicted molar refractivity (Wildman–Crippen MR) is 80.2 cm³/mol. The molecule has 0 aliphatic carbocycles. The van der Waals surface area contributed by atoms with E-state index in [4.69, 9.17) is 8.94 Å². The zero-order chi connectivity index (χ0) is 15.5. The highest BCUT2D eigenvalue weighted by Crippen LogP contribution is 2.24. The molecule has 0 aromatic carbocycles. The molecule has 7 nitrogen and oxygen atoms in total. The number of hydrogen-bond acceptors (Lipinski definition) is 7. The first-order valence-corrected chi connectivity index (χ1v) is 8.28. The first-order valence-electron chi connectivity index (χ1n) is 7.29. The Labute approximate surface area is 132 Å². The number of piperidine rings is 1. The number of carbonyl (C=O) groups is 1. The molecule has 1 aliphatic rings. The summed E-state index contributed by atoms with van der Waals surface area (Å²) < 4.78 is 10.5. The number of nitrogens with zero attached hydrogens (tertiary/aromatic N) is 4. The van der Waals surface area contributed by atoms with Crippen LogP contribution < -0.4 is 0 Å². The van der Waals surface area contributed by atoms with Gasteiger partial charge in [0, 0.05) is 19.2 Å². The van der Waals surface area contributed by atoms with E-state index in [9.17, 15) is 4.79 Å². The third-order valence-electron chi connectivity index (χ3n) is 3.71. The summed E-state index contributed by atoms with van der Waals surface area (Å²) in [7, 11) is 0. The average Bonchev–Trinajstić information content (AvgIpc) is 3.14. The van der Waals surface area contributed by atoms with E-state index in [2.05, 4.69) is 22.3 Å². The van der Waals surface area contributed by atoms with Crippen LogP contribution in [0.5, 0.6) is 0 Å². The van der Waals surface area contributed by atoms with E-state index < -0.39 is 0 Å². The van der Waals surface area contributed by atoms with Gasteiger partial charge in [-0.3, -0.25) is 4.79 Å². The van der Waals surface area contributed by atoms with Gasteiger partial charge in [-0.25, -0.2) is 0 Å². The Morgan fingerprint density at radius 3 is 2.86 bits per heavy atom. The van der Waals surface area contributed by atoms with Gasteiger partial charge in [-0.05, 0) is 25.7 Å². The Morgan fingerprint density at radius 2 is 2.18 bits per heavy atom. The van der Waals surface area contributed by atoms with Crippen LogP contribution in [0, 0.1) is 12.8 Å². The van der Waals surface area contributed by atoms with Gasteiger partial charge in [0.1, 0.15) is 5.76 Å². The molecule has 0 atom stereocenters. The standard InChI is InChI=1S/C14H18N4O3S/c1-9-3-5-18(6-4-9)12(19)8-22-14-16-15-13(20-14)11-7-10(2)21-17-11/h7,9H,3-6,8H2,1-2H3. The second kappa shape index (κ2) is 6.51. The molecule has 0 spiro atoms. The van der Waals surface area contributed by atoms with Crippen LogP contribution in [-0.4, -0.2) is 45.0 Å². The van der Waals surface area contributed by atoms with Gasteiger partial charge in [0.15, 0.2) is 5.69 Å². The van der Waals surface area contributed by atoms with Gasteiger partial charge in [-0.2, -0.15) is 0 Å². The highest BCUT2D eigenvalue weighted by atomic mass is 32.2. The minimum Gasteiger partial charge on any atom is -0.409 e. The number of likely N-dealkylation sites (tertiary alicyclic amines) is 1. The number of amides is 1. The van der Waals surface area contributed by atoms with Crippen LogP contribution in [0.25, 0.3) is 11.6 Å². The summed E-state index contributed by atoms with van der Waals surface area (Å²) in [6.45, 7) is 5.70. The average molecular weight is 322 g/mol. The Bertz CT molecular complexity index is 646. The van der Waals surface area contributed by atoms with Crippen molar-refractivity contribution >= 4 is 17.7 Å². The maximum absolute atomic E-state index is 12.1. The quantitative estimate of drug-likeness (QED) is 0.799. The number of thioether (sulfide) groups is 1. The molecule has 8 heteroatoms. The molecule has 0 N–H and O–H groups in total. The number of carbonyl (C=O) groups excluding carboxylic acids is 1. The number of rotatable bonds is 4. The molecule has 1 aliphatic heterocycles. The molecular weight excluding hydrogens is 304 g/mol. The Morgan fingerprint density at radius 1 is 1.41 bits per heavy atom. The van der Waals surface area contributed by atoms with Gasteiger partial charge >= 0.3 is 0 Å². The van der Waals surface area contributed by atoms with Crippen LogP contribution in [0.2, 0.25) is 0 Å². The maximum Gasteiger partial charge on any atom is 0.277 e. The highest BCUT2D eigenvalue weighted by molar-refractivity contribution is 7.99. The fourth-order valence-electron chi connectivity index (χ4n) is 2.31. The minimum atomic E-state index is 0.119. The molecule has 1 fully saturated rings. The second-order valence-electron chi connectivity index (χ2n) is 5.55. The van der Waals surface area contributed by atoms with Gasteiger partial charge in [0.25, 0.3) is 11.1 Å². The molecule has 2 aromatic rings. The van der Waals surface area contributed by atoms with E-state index in [0.717, 1.165) is 25.9 Å². The van der Waals surface area contributed by atoms with E-state index in [1.807, 2.05) is 4.90 Å². The van der Waals surface area contributed by atoms with Gasteiger partial charge in [-0.15, -0.1) is 10.2 Å². The largest absolute Gasteiger partial charge is 0.409 e. The van der Waals surface area contributed by atoms with E-state index in [1.165, 1.54) is 11.8 Å². The minimum absolute atomic E-state index is 0.119. The predicted octanol–water partition coefficient (Wildman–Crippen LogP) is 2.38. The smallest absolute Gasteiger partial charge is 0.277 e. The van der Waals surface area contributed by atoms with Crippen LogP contribution in [-0.2, 0) is 4.79 Å². The molecule has 1 saturated heterocycles. The van der Waals surface area contributed by atoms with E-state index in [0.29, 0.717) is 34.2 Å². The van der Waals surface area contributed by atoms with Gasteiger partial charge < -0.3 is 13.8 Å². The van der Waals surface area contributed by atoms with Crippen molar-refractivity contribution in [2.75, 3.05) is 18.8 Å². The topological polar surface area (TPSA) is 85.3 Å². The van der Waals surface area contributed by atoms with Crippen LogP contribution >= 0.6 is 11.8 Å². The van der Waals surface area contributed by atoms with Crippen LogP contribution in [0.1, 0.15) is 25.5 Å². The Balaban J connectivity index is 1.53. The molecule has 0 bridgehead atoms. The van der Waals surface area contributed by atoms with E-state index in [1.54, 1.807) is 13.0 Å². The molecule has 0 unspecified atom stereocenters. The van der Waals surface area contributed by atoms with Crippen LogP contribution in [0.15, 0.2) is 20.2 Å². The molecule has 0 radical (unpaired) electrons. The van der Waals surface area contributed by atoms with Gasteiger partial charge in [0.2, 0.25) is 5.91 Å². The van der Waals surface area contributed by atoms with Crippen molar-refractivity contribution in [2.45, 2.75) is 31.9 Å². The molecule has 118 valence electrons. The van der Waals surface area contributed by atoms with Gasteiger partial charge in [0.05, 0.1) is 5.75 Å². The van der Waals surface area contributed by atoms with Crippen molar-refractivity contribution in [1.82, 2.24) is 20.3 Å². The SMILES string of the molecule is Cc1cc(-c2nnc(SCC(=O)N3CCC(C)CC3)o2)no1. The molecule has 22 heavy (non-hydrogen) atoms. The third kappa shape index (κ3) is 3.49. The Kier molecular flexibility index (Phi) is 4.47. The molecule has 2 aromatic heterocycles. The van der Waals surface area contributed by atoms with E-state index >= 15 is 0 Å². The molecule has 1 amide bonds. The fourth-order valence-corrected chi connectivity index (χ4v) is 2.98. The Hall–Kier alpha value is -1.83. The van der Waals surface area contributed by atoms with Crippen molar-refractivity contribution < 1.29 is 13.7 Å². The maximum atomic E-state index is 12.1. The number of hydrogen-bond donors (Lipinski definition) is 0. The first kappa shape index (κ1) is 15.1. The lowest BCUT2D eigenvalue weighted by Crippen LogP contribution is -2.38. The summed E-state index contributed by atoms with van der Waals surface area (Å²) in [4.78, 5) is 14.1. The van der Waals surface area contributed by atoms with Crippen molar-refractivity contribution in [3.8, 4) is 11.6 Å². The van der Waals surface area contributed by atoms with Crippen LogP contribution in [0.4, 0.5) is 0 Å². The van der Waals surface area contributed by atoms with Gasteiger partial charge in [-0.1, -0.05) is 23.8 Å². The summed E-state index contributed by atoms with van der Waals surface area (Å²) in [5, 5.41) is 12.0. The zero-order valence-electron chi connectivity index (χ0n) is 12.6. The first-order chi connectivity index (χ1) is 10.6. The number of aromatic nitrogens is 3. The summed E-state index contributed by atoms with van der Waals surface area (Å²) in [6.07, 6.45) is 2.15. The third-order valence-corrected chi connectivity index (χ3v) is 4.51. The van der Waals surface area contributed by atoms with Crippen molar-refractivity contribution in [1.29, 1.82) is 0 Å². The lowest BCUT2D eigenvalue weighted by Gasteiger charge is -2.30.